The van der Waals surface area contributed by atoms with Gasteiger partial charge in [0.15, 0.2) is 5.65 Å². The van der Waals surface area contributed by atoms with E-state index >= 15 is 0 Å². The number of benzene rings is 2. The van der Waals surface area contributed by atoms with Crippen LogP contribution in [0.5, 0.6) is 0 Å². The molecule has 0 atom stereocenters. The first-order chi connectivity index (χ1) is 20.8. The van der Waals surface area contributed by atoms with Crippen LogP contribution in [0.2, 0.25) is 0 Å². The van der Waals surface area contributed by atoms with Crippen molar-refractivity contribution in [1.29, 1.82) is 0 Å². The first kappa shape index (κ1) is 29.2. The Hall–Kier alpha value is -4.90. The molecule has 11 heteroatoms. The highest BCUT2D eigenvalue weighted by Gasteiger charge is 2.21. The predicted molar refractivity (Wildman–Crippen MR) is 171 cm³/mol. The minimum atomic E-state index is -3.18. The van der Waals surface area contributed by atoms with Gasteiger partial charge in [-0.15, -0.1) is 0 Å². The summed E-state index contributed by atoms with van der Waals surface area (Å²) in [5, 5.41) is 12.1. The van der Waals surface area contributed by atoms with Crippen LogP contribution >= 0.6 is 0 Å². The Morgan fingerprint density at radius 3 is 2.52 bits per heavy atom. The lowest BCUT2D eigenvalue weighted by Crippen LogP contribution is -2.27. The molecule has 0 radical (unpaired) electrons. The summed E-state index contributed by atoms with van der Waals surface area (Å²) >= 11 is 0. The molecule has 6 aromatic rings. The highest BCUT2D eigenvalue weighted by Crippen LogP contribution is 2.35. The molecule has 1 amide bonds. The van der Waals surface area contributed by atoms with Gasteiger partial charge >= 0.3 is 0 Å². The molecule has 0 aliphatic heterocycles. The van der Waals surface area contributed by atoms with Crippen molar-refractivity contribution >= 4 is 43.4 Å². The van der Waals surface area contributed by atoms with Gasteiger partial charge in [-0.2, -0.15) is 5.10 Å². The Balaban J connectivity index is 1.37. The number of aromatic amines is 2. The summed E-state index contributed by atoms with van der Waals surface area (Å²) in [6.07, 6.45) is 6.45. The molecule has 0 unspecified atom stereocenters. The number of carbonyl (C=O) groups excluding carboxylic acids is 1. The van der Waals surface area contributed by atoms with Crippen molar-refractivity contribution in [2.75, 3.05) is 17.3 Å². The number of sulfone groups is 1. The molecule has 0 saturated carbocycles. The number of carbonyl (C=O) groups is 1. The maximum Gasteiger partial charge on any atom is 0.229 e. The van der Waals surface area contributed by atoms with E-state index in [-0.39, 0.29) is 18.1 Å². The third kappa shape index (κ3) is 6.09. The minimum Gasteiger partial charge on any atom is -0.353 e. The van der Waals surface area contributed by atoms with E-state index in [0.717, 1.165) is 44.4 Å². The fraction of sp³-hybridized carbons (Fsp3) is 0.212. The minimum absolute atomic E-state index is 0.0524. The lowest BCUT2D eigenvalue weighted by molar-refractivity contribution is -0.123. The number of pyridine rings is 2. The molecule has 3 N–H and O–H groups in total. The van der Waals surface area contributed by atoms with Gasteiger partial charge in [-0.05, 0) is 59.5 Å². The molecule has 44 heavy (non-hydrogen) atoms. The van der Waals surface area contributed by atoms with Crippen molar-refractivity contribution in [1.82, 2.24) is 25.1 Å². The largest absolute Gasteiger partial charge is 0.353 e. The topological polar surface area (TPSA) is 133 Å². The van der Waals surface area contributed by atoms with Gasteiger partial charge in [0.05, 0.1) is 29.0 Å². The van der Waals surface area contributed by atoms with Gasteiger partial charge in [0.1, 0.15) is 15.7 Å². The highest BCUT2D eigenvalue weighted by atomic mass is 32.2. The fourth-order valence-corrected chi connectivity index (χ4v) is 5.65. The number of amides is 1. The summed E-state index contributed by atoms with van der Waals surface area (Å²) in [5.41, 5.74) is 6.61. The average Bonchev–Trinajstić information content (AvgIpc) is 3.59. The van der Waals surface area contributed by atoms with Crippen LogP contribution in [0.1, 0.15) is 26.3 Å². The predicted octanol–water partition coefficient (Wildman–Crippen LogP) is 6.55. The number of hydrogen-bond donors (Lipinski definition) is 3. The van der Waals surface area contributed by atoms with Crippen molar-refractivity contribution in [3.63, 3.8) is 0 Å². The smallest absolute Gasteiger partial charge is 0.229 e. The first-order valence-corrected chi connectivity index (χ1v) is 16.1. The van der Waals surface area contributed by atoms with E-state index in [4.69, 9.17) is 0 Å². The molecule has 0 saturated heterocycles. The molecule has 224 valence electrons. The van der Waals surface area contributed by atoms with Crippen LogP contribution in [0.25, 0.3) is 55.6 Å². The van der Waals surface area contributed by atoms with Crippen molar-refractivity contribution in [2.24, 2.45) is 5.41 Å². The second kappa shape index (κ2) is 11.0. The third-order valence-corrected chi connectivity index (χ3v) is 8.33. The third-order valence-electron chi connectivity index (χ3n) is 7.38. The number of hydrogen-bond acceptors (Lipinski definition) is 6. The summed E-state index contributed by atoms with van der Waals surface area (Å²) in [5.74, 6) is -0.583. The van der Waals surface area contributed by atoms with Gasteiger partial charge in [-0.25, -0.2) is 17.8 Å². The first-order valence-electron chi connectivity index (χ1n) is 14.0. The summed E-state index contributed by atoms with van der Waals surface area (Å²) in [6.45, 7) is 5.55. The van der Waals surface area contributed by atoms with Crippen molar-refractivity contribution in [2.45, 2.75) is 27.2 Å². The standard InChI is InChI=1S/C33H31FN6O3S/c1-33(2,3)32(41)37-24-13-21(16-35-18-24)22-14-27-30(39-40-31(27)36-17-22)29-15-26-25(6-5-7-28(26)38-29)20-10-19(11-23(34)12-20)8-9-44(4,42)43/h5-7,10-18,38H,8-9H2,1-4H3,(H,37,41)(H,36,39,40). The van der Waals surface area contributed by atoms with E-state index in [2.05, 4.69) is 30.5 Å². The monoisotopic (exact) mass is 610 g/mol. The van der Waals surface area contributed by atoms with E-state index in [0.29, 0.717) is 22.5 Å². The van der Waals surface area contributed by atoms with E-state index in [1.807, 2.05) is 63.2 Å². The Bertz CT molecular complexity index is 2160. The quantitative estimate of drug-likeness (QED) is 0.188. The number of H-pyrrole nitrogens is 2. The van der Waals surface area contributed by atoms with Gasteiger partial charge in [0.25, 0.3) is 0 Å². The van der Waals surface area contributed by atoms with E-state index in [1.165, 1.54) is 18.4 Å². The van der Waals surface area contributed by atoms with Crippen LogP contribution in [0.3, 0.4) is 0 Å². The molecule has 4 heterocycles. The molecule has 4 aromatic heterocycles. The highest BCUT2D eigenvalue weighted by molar-refractivity contribution is 7.90. The van der Waals surface area contributed by atoms with Crippen LogP contribution in [-0.2, 0) is 21.1 Å². The molecule has 0 aliphatic carbocycles. The molecule has 6 rings (SSSR count). The zero-order valence-corrected chi connectivity index (χ0v) is 25.5. The van der Waals surface area contributed by atoms with Crippen molar-refractivity contribution in [3.8, 4) is 33.6 Å². The lowest BCUT2D eigenvalue weighted by Gasteiger charge is -2.17. The van der Waals surface area contributed by atoms with Gasteiger partial charge in [-0.1, -0.05) is 39.0 Å². The van der Waals surface area contributed by atoms with Crippen LogP contribution in [0.4, 0.5) is 10.1 Å². The maximum atomic E-state index is 14.7. The zero-order valence-electron chi connectivity index (χ0n) is 24.7. The summed E-state index contributed by atoms with van der Waals surface area (Å²) in [6, 6.07) is 16.2. The Kier molecular flexibility index (Phi) is 7.28. The summed E-state index contributed by atoms with van der Waals surface area (Å²) < 4.78 is 38.0. The molecule has 0 spiro atoms. The normalized spacial score (nSPS) is 12.2. The Labute approximate surface area is 253 Å². The number of halogens is 1. The van der Waals surface area contributed by atoms with Crippen LogP contribution < -0.4 is 5.32 Å². The zero-order chi connectivity index (χ0) is 31.2. The van der Waals surface area contributed by atoms with Gasteiger partial charge < -0.3 is 10.3 Å². The average molecular weight is 611 g/mol. The SMILES string of the molecule is CC(C)(C)C(=O)Nc1cncc(-c2cnc3n[nH]c(-c4cc5c(-c6cc(F)cc(CCS(C)(=O)=O)c6)cccc5[nH]4)c3c2)c1. The maximum absolute atomic E-state index is 14.7. The molecule has 0 aliphatic rings. The van der Waals surface area contributed by atoms with Crippen molar-refractivity contribution < 1.29 is 17.6 Å². The molecule has 0 bridgehead atoms. The van der Waals surface area contributed by atoms with Crippen LogP contribution in [-0.4, -0.2) is 51.5 Å². The second-order valence-corrected chi connectivity index (χ2v) is 14.3. The number of aromatic nitrogens is 5. The van der Waals surface area contributed by atoms with Crippen molar-refractivity contribution in [3.05, 3.63) is 84.6 Å². The van der Waals surface area contributed by atoms with E-state index in [9.17, 15) is 17.6 Å². The van der Waals surface area contributed by atoms with E-state index in [1.54, 1.807) is 18.6 Å². The van der Waals surface area contributed by atoms with Crippen LogP contribution in [0, 0.1) is 11.2 Å². The molecular weight excluding hydrogens is 579 g/mol. The molecule has 0 fully saturated rings. The van der Waals surface area contributed by atoms with Crippen LogP contribution in [0.15, 0.2) is 73.2 Å². The number of aryl methyl sites for hydroxylation is 1. The summed E-state index contributed by atoms with van der Waals surface area (Å²) in [4.78, 5) is 24.8. The van der Waals surface area contributed by atoms with Gasteiger partial charge in [-0.3, -0.25) is 14.9 Å². The molecule has 2 aromatic carbocycles. The molecule has 9 nitrogen and oxygen atoms in total. The molecular formula is C33H31FN6O3S. The number of fused-ring (bicyclic) bond motifs is 2. The van der Waals surface area contributed by atoms with E-state index < -0.39 is 21.1 Å². The number of rotatable bonds is 7. The Morgan fingerprint density at radius 2 is 1.75 bits per heavy atom. The number of anilines is 1. The number of nitrogens with zero attached hydrogens (tertiary/aromatic N) is 3. The van der Waals surface area contributed by atoms with Gasteiger partial charge in [0.2, 0.25) is 5.91 Å². The Morgan fingerprint density at radius 1 is 0.955 bits per heavy atom. The number of nitrogens with one attached hydrogen (secondary N) is 3. The fourth-order valence-electron chi connectivity index (χ4n) is 5.04. The lowest BCUT2D eigenvalue weighted by atomic mass is 9.95. The summed E-state index contributed by atoms with van der Waals surface area (Å²) in [7, 11) is -3.18. The second-order valence-electron chi connectivity index (χ2n) is 12.0. The van der Waals surface area contributed by atoms with Gasteiger partial charge in [0, 0.05) is 51.5 Å².